The molecule has 1 rings (SSSR count). The fourth-order valence-corrected chi connectivity index (χ4v) is 1.35. The minimum Gasteiger partial charge on any atom is -0.313 e. The van der Waals surface area contributed by atoms with Crippen molar-refractivity contribution in [1.29, 1.82) is 0 Å². The Morgan fingerprint density at radius 3 is 2.60 bits per heavy atom. The lowest BCUT2D eigenvalue weighted by molar-refractivity contribution is 0.357. The fourth-order valence-electron chi connectivity index (χ4n) is 1.35. The second kappa shape index (κ2) is 4.94. The van der Waals surface area contributed by atoms with Crippen molar-refractivity contribution >= 4 is 12.4 Å². The molecule has 0 aromatic carbocycles. The third kappa shape index (κ3) is 3.40. The Morgan fingerprint density at radius 2 is 2.20 bits per heavy atom. The van der Waals surface area contributed by atoms with Crippen LogP contribution in [0, 0.1) is 0 Å². The highest BCUT2D eigenvalue weighted by Gasteiger charge is 2.13. The number of hydrogen-bond acceptors (Lipinski definition) is 2. The average Bonchev–Trinajstić information content (AvgIpc) is 2.15. The van der Waals surface area contributed by atoms with Crippen LogP contribution in [-0.4, -0.2) is 38.1 Å². The van der Waals surface area contributed by atoms with Gasteiger partial charge in [-0.25, -0.2) is 0 Å². The van der Waals surface area contributed by atoms with Crippen molar-refractivity contribution < 1.29 is 0 Å². The maximum atomic E-state index is 3.45. The van der Waals surface area contributed by atoms with Crippen molar-refractivity contribution in [3.8, 4) is 0 Å². The predicted octanol–water partition coefficient (Wildman–Crippen LogP) is 0.722. The zero-order chi connectivity index (χ0) is 6.69. The molecule has 1 aliphatic heterocycles. The van der Waals surface area contributed by atoms with E-state index >= 15 is 0 Å². The first-order chi connectivity index (χ1) is 4.29. The fraction of sp³-hybridized carbons (Fsp3) is 1.00. The van der Waals surface area contributed by atoms with Gasteiger partial charge in [-0.2, -0.15) is 0 Å². The van der Waals surface area contributed by atoms with E-state index in [-0.39, 0.29) is 12.4 Å². The molecule has 1 saturated heterocycles. The van der Waals surface area contributed by atoms with E-state index in [1.807, 2.05) is 0 Å². The standard InChI is InChI=1S/C7H16N2.ClH/c1-9(2)6-7-4-3-5-8-7;/h7-8H,3-6H2,1-2H3;1H. The summed E-state index contributed by atoms with van der Waals surface area (Å²) in [5.41, 5.74) is 0. The lowest BCUT2D eigenvalue weighted by atomic mass is 10.2. The van der Waals surface area contributed by atoms with Crippen molar-refractivity contribution in [2.45, 2.75) is 18.9 Å². The molecular formula is C7H17ClN2. The van der Waals surface area contributed by atoms with E-state index in [2.05, 4.69) is 24.3 Å². The molecule has 3 heteroatoms. The maximum absolute atomic E-state index is 3.45. The largest absolute Gasteiger partial charge is 0.313 e. The highest BCUT2D eigenvalue weighted by atomic mass is 35.5. The van der Waals surface area contributed by atoms with Gasteiger partial charge in [0.25, 0.3) is 0 Å². The van der Waals surface area contributed by atoms with Crippen LogP contribution in [0.15, 0.2) is 0 Å². The molecule has 1 fully saturated rings. The first-order valence-corrected chi connectivity index (χ1v) is 3.67. The summed E-state index contributed by atoms with van der Waals surface area (Å²) in [4.78, 5) is 2.24. The number of halogens is 1. The number of likely N-dealkylation sites (N-methyl/N-ethyl adjacent to an activating group) is 1. The molecule has 0 aromatic rings. The summed E-state index contributed by atoms with van der Waals surface area (Å²) in [6.07, 6.45) is 2.72. The van der Waals surface area contributed by atoms with Crippen LogP contribution in [0.3, 0.4) is 0 Å². The van der Waals surface area contributed by atoms with Crippen molar-refractivity contribution in [2.75, 3.05) is 27.2 Å². The molecule has 0 radical (unpaired) electrons. The van der Waals surface area contributed by atoms with Gasteiger partial charge >= 0.3 is 0 Å². The minimum atomic E-state index is 0. The quantitative estimate of drug-likeness (QED) is 0.647. The second-order valence-corrected chi connectivity index (χ2v) is 3.06. The van der Waals surface area contributed by atoms with Crippen molar-refractivity contribution in [2.24, 2.45) is 0 Å². The minimum absolute atomic E-state index is 0. The van der Waals surface area contributed by atoms with E-state index in [9.17, 15) is 0 Å². The van der Waals surface area contributed by atoms with Crippen molar-refractivity contribution in [3.63, 3.8) is 0 Å². The van der Waals surface area contributed by atoms with Crippen LogP contribution >= 0.6 is 12.4 Å². The molecule has 2 nitrogen and oxygen atoms in total. The number of rotatable bonds is 2. The van der Waals surface area contributed by atoms with E-state index in [0.29, 0.717) is 0 Å². The maximum Gasteiger partial charge on any atom is 0.0195 e. The summed E-state index contributed by atoms with van der Waals surface area (Å²) in [5.74, 6) is 0. The second-order valence-electron chi connectivity index (χ2n) is 3.06. The summed E-state index contributed by atoms with van der Waals surface area (Å²) in [6.45, 7) is 2.42. The first-order valence-electron chi connectivity index (χ1n) is 3.67. The molecule has 0 amide bonds. The van der Waals surface area contributed by atoms with Crippen LogP contribution in [0.1, 0.15) is 12.8 Å². The van der Waals surface area contributed by atoms with Gasteiger partial charge in [-0.1, -0.05) is 0 Å². The molecule has 1 N–H and O–H groups in total. The molecule has 1 unspecified atom stereocenters. The Balaban J connectivity index is 0.000000810. The zero-order valence-corrected chi connectivity index (χ0v) is 7.58. The highest BCUT2D eigenvalue weighted by Crippen LogP contribution is 2.04. The molecule has 1 aliphatic rings. The van der Waals surface area contributed by atoms with Crippen molar-refractivity contribution in [3.05, 3.63) is 0 Å². The molecule has 0 aromatic heterocycles. The molecular weight excluding hydrogens is 148 g/mol. The van der Waals surface area contributed by atoms with Crippen molar-refractivity contribution in [1.82, 2.24) is 10.2 Å². The Morgan fingerprint density at radius 1 is 1.50 bits per heavy atom. The molecule has 0 spiro atoms. The SMILES string of the molecule is CN(C)CC1CCCN1.Cl. The van der Waals surface area contributed by atoms with Crippen LogP contribution < -0.4 is 5.32 Å². The van der Waals surface area contributed by atoms with Gasteiger partial charge in [0, 0.05) is 12.6 Å². The predicted molar refractivity (Wildman–Crippen MR) is 46.8 cm³/mol. The smallest absolute Gasteiger partial charge is 0.0195 e. The van der Waals surface area contributed by atoms with E-state index in [4.69, 9.17) is 0 Å². The van der Waals surface area contributed by atoms with Crippen LogP contribution in [0.25, 0.3) is 0 Å². The monoisotopic (exact) mass is 164 g/mol. The topological polar surface area (TPSA) is 15.3 Å². The highest BCUT2D eigenvalue weighted by molar-refractivity contribution is 5.85. The van der Waals surface area contributed by atoms with Crippen LogP contribution in [-0.2, 0) is 0 Å². The molecule has 0 saturated carbocycles. The van der Waals surface area contributed by atoms with E-state index in [1.54, 1.807) is 0 Å². The third-order valence-electron chi connectivity index (χ3n) is 1.75. The molecule has 62 valence electrons. The lowest BCUT2D eigenvalue weighted by Crippen LogP contribution is -2.33. The van der Waals surface area contributed by atoms with Gasteiger partial charge in [-0.3, -0.25) is 0 Å². The van der Waals surface area contributed by atoms with E-state index in [1.165, 1.54) is 25.9 Å². The summed E-state index contributed by atoms with van der Waals surface area (Å²) in [6, 6.07) is 0.764. The van der Waals surface area contributed by atoms with Crippen LogP contribution in [0.5, 0.6) is 0 Å². The van der Waals surface area contributed by atoms with Gasteiger partial charge in [-0.05, 0) is 33.5 Å². The Hall–Kier alpha value is 0.210. The summed E-state index contributed by atoms with van der Waals surface area (Å²) in [7, 11) is 4.25. The lowest BCUT2D eigenvalue weighted by Gasteiger charge is -2.15. The Labute approximate surface area is 69.4 Å². The third-order valence-corrected chi connectivity index (χ3v) is 1.75. The van der Waals surface area contributed by atoms with Crippen LogP contribution in [0.4, 0.5) is 0 Å². The Kier molecular flexibility index (Phi) is 5.04. The zero-order valence-electron chi connectivity index (χ0n) is 6.76. The van der Waals surface area contributed by atoms with E-state index < -0.39 is 0 Å². The van der Waals surface area contributed by atoms with Gasteiger partial charge in [0.2, 0.25) is 0 Å². The van der Waals surface area contributed by atoms with Gasteiger partial charge in [0.15, 0.2) is 0 Å². The number of hydrogen-bond donors (Lipinski definition) is 1. The van der Waals surface area contributed by atoms with Gasteiger partial charge in [0.1, 0.15) is 0 Å². The molecule has 1 atom stereocenters. The molecule has 0 aliphatic carbocycles. The average molecular weight is 165 g/mol. The van der Waals surface area contributed by atoms with Crippen LogP contribution in [0.2, 0.25) is 0 Å². The first kappa shape index (κ1) is 10.2. The summed E-state index contributed by atoms with van der Waals surface area (Å²) < 4.78 is 0. The molecule has 0 bridgehead atoms. The molecule has 1 heterocycles. The van der Waals surface area contributed by atoms with Gasteiger partial charge in [-0.15, -0.1) is 12.4 Å². The van der Waals surface area contributed by atoms with Gasteiger partial charge in [0.05, 0.1) is 0 Å². The Bertz CT molecular complexity index is 79.7. The number of nitrogens with zero attached hydrogens (tertiary/aromatic N) is 1. The normalized spacial score (nSPS) is 24.9. The number of nitrogens with one attached hydrogen (secondary N) is 1. The van der Waals surface area contributed by atoms with Gasteiger partial charge < -0.3 is 10.2 Å². The molecule has 10 heavy (non-hydrogen) atoms. The van der Waals surface area contributed by atoms with E-state index in [0.717, 1.165) is 6.04 Å². The summed E-state index contributed by atoms with van der Waals surface area (Å²) in [5, 5.41) is 3.45. The summed E-state index contributed by atoms with van der Waals surface area (Å²) >= 11 is 0.